The van der Waals surface area contributed by atoms with Crippen molar-refractivity contribution in [3.63, 3.8) is 0 Å². The molecule has 1 heterocycles. The third kappa shape index (κ3) is 2.97. The van der Waals surface area contributed by atoms with Gasteiger partial charge in [-0.2, -0.15) is 0 Å². The Morgan fingerprint density at radius 3 is 2.83 bits per heavy atom. The predicted molar refractivity (Wildman–Crippen MR) is 71.8 cm³/mol. The lowest BCUT2D eigenvalue weighted by Crippen LogP contribution is -2.27. The van der Waals surface area contributed by atoms with Crippen molar-refractivity contribution in [2.45, 2.75) is 25.9 Å². The Kier molecular flexibility index (Phi) is 4.14. The second-order valence-corrected chi connectivity index (χ2v) is 5.15. The van der Waals surface area contributed by atoms with E-state index in [0.29, 0.717) is 17.9 Å². The van der Waals surface area contributed by atoms with Gasteiger partial charge < -0.3 is 10.1 Å². The summed E-state index contributed by atoms with van der Waals surface area (Å²) in [7, 11) is 0. The van der Waals surface area contributed by atoms with E-state index in [4.69, 9.17) is 4.74 Å². The van der Waals surface area contributed by atoms with Gasteiger partial charge in [0.2, 0.25) is 0 Å². The first-order valence-corrected chi connectivity index (χ1v) is 6.60. The zero-order chi connectivity index (χ0) is 13.1. The molecule has 1 unspecified atom stereocenters. The van der Waals surface area contributed by atoms with Crippen LogP contribution in [0.2, 0.25) is 0 Å². The van der Waals surface area contributed by atoms with Crippen molar-refractivity contribution < 1.29 is 14.3 Å². The number of anilines is 1. The van der Waals surface area contributed by atoms with Crippen LogP contribution in [-0.4, -0.2) is 24.4 Å². The largest absolute Gasteiger partial charge is 0.368 e. The van der Waals surface area contributed by atoms with Crippen LogP contribution in [0.1, 0.15) is 30.1 Å². The fourth-order valence-electron chi connectivity index (χ4n) is 1.91. The molecule has 1 N–H and O–H groups in total. The molecule has 0 radical (unpaired) electrons. The van der Waals surface area contributed by atoms with Crippen molar-refractivity contribution in [1.82, 2.24) is 0 Å². The first-order chi connectivity index (χ1) is 8.58. The standard InChI is InChI=1S/C13H14BrNO3/c1-8(16)10-7-9(14)4-5-11(10)15-13(17)12-3-2-6-18-12/h4-5,7,12H,2-3,6H2,1H3,(H,15,17). The molecule has 0 bridgehead atoms. The average Bonchev–Trinajstić information content (AvgIpc) is 2.84. The fourth-order valence-corrected chi connectivity index (χ4v) is 2.28. The summed E-state index contributed by atoms with van der Waals surface area (Å²) in [5.41, 5.74) is 1.03. The van der Waals surface area contributed by atoms with Crippen molar-refractivity contribution in [2.24, 2.45) is 0 Å². The van der Waals surface area contributed by atoms with Crippen LogP contribution < -0.4 is 5.32 Å². The van der Waals surface area contributed by atoms with Crippen LogP contribution >= 0.6 is 15.9 Å². The Morgan fingerprint density at radius 1 is 1.44 bits per heavy atom. The van der Waals surface area contributed by atoms with Gasteiger partial charge in [-0.05, 0) is 38.0 Å². The van der Waals surface area contributed by atoms with E-state index in [9.17, 15) is 9.59 Å². The average molecular weight is 312 g/mol. The van der Waals surface area contributed by atoms with Gasteiger partial charge in [0, 0.05) is 16.6 Å². The molecule has 0 saturated carbocycles. The lowest BCUT2D eigenvalue weighted by molar-refractivity contribution is -0.124. The van der Waals surface area contributed by atoms with Gasteiger partial charge in [-0.15, -0.1) is 0 Å². The number of ketones is 1. The molecule has 0 aliphatic carbocycles. The lowest BCUT2D eigenvalue weighted by atomic mass is 10.1. The molecule has 1 fully saturated rings. The fraction of sp³-hybridized carbons (Fsp3) is 0.385. The summed E-state index contributed by atoms with van der Waals surface area (Å²) in [6.45, 7) is 2.10. The molecule has 0 spiro atoms. The molecule has 4 nitrogen and oxygen atoms in total. The zero-order valence-electron chi connectivity index (χ0n) is 10.0. The maximum atomic E-state index is 11.9. The molecule has 96 valence electrons. The van der Waals surface area contributed by atoms with Gasteiger partial charge in [0.25, 0.3) is 5.91 Å². The maximum Gasteiger partial charge on any atom is 0.253 e. The molecular weight excluding hydrogens is 298 g/mol. The molecule has 0 aromatic heterocycles. The van der Waals surface area contributed by atoms with E-state index in [0.717, 1.165) is 17.3 Å². The third-order valence-corrected chi connectivity index (χ3v) is 3.33. The van der Waals surface area contributed by atoms with Crippen molar-refractivity contribution in [2.75, 3.05) is 11.9 Å². The number of benzene rings is 1. The molecule has 1 saturated heterocycles. The van der Waals surface area contributed by atoms with Gasteiger partial charge in [0.1, 0.15) is 6.10 Å². The molecule has 18 heavy (non-hydrogen) atoms. The molecule has 1 atom stereocenters. The Morgan fingerprint density at radius 2 is 2.22 bits per heavy atom. The number of hydrogen-bond acceptors (Lipinski definition) is 3. The van der Waals surface area contributed by atoms with E-state index in [1.807, 2.05) is 0 Å². The Bertz CT molecular complexity index is 481. The molecule has 1 aliphatic rings. The van der Waals surface area contributed by atoms with Crippen LogP contribution in [0.3, 0.4) is 0 Å². The van der Waals surface area contributed by atoms with E-state index in [-0.39, 0.29) is 11.7 Å². The van der Waals surface area contributed by atoms with Gasteiger partial charge in [0.05, 0.1) is 5.69 Å². The second kappa shape index (κ2) is 5.63. The number of carbonyl (C=O) groups is 2. The number of hydrogen-bond donors (Lipinski definition) is 1. The summed E-state index contributed by atoms with van der Waals surface area (Å²) in [5.74, 6) is -0.267. The van der Waals surface area contributed by atoms with E-state index < -0.39 is 6.10 Å². The smallest absolute Gasteiger partial charge is 0.253 e. The minimum Gasteiger partial charge on any atom is -0.368 e. The quantitative estimate of drug-likeness (QED) is 0.873. The minimum absolute atomic E-state index is 0.0843. The lowest BCUT2D eigenvalue weighted by Gasteiger charge is -2.13. The zero-order valence-corrected chi connectivity index (χ0v) is 11.6. The number of ether oxygens (including phenoxy) is 1. The molecule has 5 heteroatoms. The first-order valence-electron chi connectivity index (χ1n) is 5.81. The third-order valence-electron chi connectivity index (χ3n) is 2.84. The molecule has 1 aromatic rings. The second-order valence-electron chi connectivity index (χ2n) is 4.24. The van der Waals surface area contributed by atoms with Crippen LogP contribution in [0.25, 0.3) is 0 Å². The van der Waals surface area contributed by atoms with Crippen LogP contribution in [0.5, 0.6) is 0 Å². The highest BCUT2D eigenvalue weighted by Crippen LogP contribution is 2.23. The van der Waals surface area contributed by atoms with Crippen molar-refractivity contribution in [1.29, 1.82) is 0 Å². The van der Waals surface area contributed by atoms with Gasteiger partial charge in [0.15, 0.2) is 5.78 Å². The topological polar surface area (TPSA) is 55.4 Å². The number of rotatable bonds is 3. The summed E-state index contributed by atoms with van der Waals surface area (Å²) < 4.78 is 6.11. The Labute approximate surface area is 114 Å². The summed E-state index contributed by atoms with van der Waals surface area (Å²) in [6.07, 6.45) is 1.24. The van der Waals surface area contributed by atoms with Crippen LogP contribution in [-0.2, 0) is 9.53 Å². The van der Waals surface area contributed by atoms with E-state index in [2.05, 4.69) is 21.2 Å². The summed E-state index contributed by atoms with van der Waals surface area (Å²) >= 11 is 3.31. The van der Waals surface area contributed by atoms with E-state index in [1.165, 1.54) is 6.92 Å². The minimum atomic E-state index is -0.395. The monoisotopic (exact) mass is 311 g/mol. The molecular formula is C13H14BrNO3. The Balaban J connectivity index is 2.17. The molecule has 1 aromatic carbocycles. The number of amides is 1. The van der Waals surface area contributed by atoms with Gasteiger partial charge in [-0.3, -0.25) is 9.59 Å². The van der Waals surface area contributed by atoms with Crippen LogP contribution in [0, 0.1) is 0 Å². The van der Waals surface area contributed by atoms with Crippen LogP contribution in [0.4, 0.5) is 5.69 Å². The first kappa shape index (κ1) is 13.2. The van der Waals surface area contributed by atoms with Crippen molar-refractivity contribution in [3.05, 3.63) is 28.2 Å². The molecule has 1 amide bonds. The highest BCUT2D eigenvalue weighted by molar-refractivity contribution is 9.10. The van der Waals surface area contributed by atoms with Gasteiger partial charge >= 0.3 is 0 Å². The number of halogens is 1. The number of Topliss-reactive ketones (excluding diaryl/α,β-unsaturated/α-hetero) is 1. The van der Waals surface area contributed by atoms with Gasteiger partial charge in [-0.1, -0.05) is 15.9 Å². The molecule has 1 aliphatic heterocycles. The summed E-state index contributed by atoms with van der Waals surface area (Å²) in [5, 5.41) is 2.76. The Hall–Kier alpha value is -1.20. The van der Waals surface area contributed by atoms with E-state index >= 15 is 0 Å². The van der Waals surface area contributed by atoms with Crippen molar-refractivity contribution >= 4 is 33.3 Å². The number of nitrogens with one attached hydrogen (secondary N) is 1. The normalized spacial score (nSPS) is 18.7. The van der Waals surface area contributed by atoms with Crippen molar-refractivity contribution in [3.8, 4) is 0 Å². The summed E-state index contributed by atoms with van der Waals surface area (Å²) in [6, 6.07) is 5.21. The maximum absolute atomic E-state index is 11.9. The SMILES string of the molecule is CC(=O)c1cc(Br)ccc1NC(=O)C1CCCO1. The predicted octanol–water partition coefficient (Wildman–Crippen LogP) is 2.77. The highest BCUT2D eigenvalue weighted by Gasteiger charge is 2.24. The summed E-state index contributed by atoms with van der Waals surface area (Å²) in [4.78, 5) is 23.4. The van der Waals surface area contributed by atoms with E-state index in [1.54, 1.807) is 18.2 Å². The van der Waals surface area contributed by atoms with Crippen LogP contribution in [0.15, 0.2) is 22.7 Å². The highest BCUT2D eigenvalue weighted by atomic mass is 79.9. The van der Waals surface area contributed by atoms with Gasteiger partial charge in [-0.25, -0.2) is 0 Å². The number of carbonyl (C=O) groups excluding carboxylic acids is 2. The molecule has 2 rings (SSSR count).